The SMILES string of the molecule is CC/C=C\C/C=C\C/C=C\C/C=C\C/C=C\C/C=C\CCC(=O)OCC(COP(=O)(O)OCC(O)COP(=O)(O)OCC(COC(=O)CCCCC/C=C\C/C=C\C/C=C\C/C=C\C/C=C\CC)OC(=O)CCC/C=C\C/C=C\C/C=C\C/C=C\C/C=C\CC)OC(=O)CCCCCC/C=C\C/C=C\C/C=C\C/C=C\CC. The van der Waals surface area contributed by atoms with Crippen molar-refractivity contribution in [3.05, 3.63) is 243 Å². The van der Waals surface area contributed by atoms with Crippen molar-refractivity contribution in [3.8, 4) is 0 Å². The molecule has 0 fully saturated rings. The molecule has 0 bridgehead atoms. The highest BCUT2D eigenvalue weighted by Gasteiger charge is 2.30. The van der Waals surface area contributed by atoms with E-state index in [-0.39, 0.29) is 25.7 Å². The first-order chi connectivity index (χ1) is 54.7. The lowest BCUT2D eigenvalue weighted by Crippen LogP contribution is -2.30. The Morgan fingerprint density at radius 2 is 0.464 bits per heavy atom. The number of aliphatic hydroxyl groups excluding tert-OH is 1. The summed E-state index contributed by atoms with van der Waals surface area (Å²) in [6.45, 7) is 4.15. The lowest BCUT2D eigenvalue weighted by Gasteiger charge is -2.21. The predicted molar refractivity (Wildman–Crippen MR) is 463 cm³/mol. The normalized spacial score (nSPS) is 15.0. The Morgan fingerprint density at radius 3 is 0.759 bits per heavy atom. The highest BCUT2D eigenvalue weighted by Crippen LogP contribution is 2.45. The number of phosphoric ester groups is 2. The van der Waals surface area contributed by atoms with Crippen LogP contribution in [0.25, 0.3) is 0 Å². The zero-order chi connectivity index (χ0) is 81.7. The summed E-state index contributed by atoms with van der Waals surface area (Å²) in [5, 5.41) is 10.7. The van der Waals surface area contributed by atoms with Gasteiger partial charge in [-0.25, -0.2) is 9.13 Å². The fraction of sp³-hybridized carbons (Fsp3) is 0.527. The van der Waals surface area contributed by atoms with E-state index in [0.29, 0.717) is 38.5 Å². The van der Waals surface area contributed by atoms with Crippen molar-refractivity contribution in [3.63, 3.8) is 0 Å². The van der Waals surface area contributed by atoms with Crippen molar-refractivity contribution < 1.29 is 80.2 Å². The monoisotopic (exact) mass is 1590 g/mol. The maximum atomic E-state index is 13.1. The molecular weight excluding hydrogens is 1450 g/mol. The number of hydrogen-bond acceptors (Lipinski definition) is 15. The molecule has 112 heavy (non-hydrogen) atoms. The van der Waals surface area contributed by atoms with Crippen LogP contribution < -0.4 is 0 Å². The number of esters is 4. The van der Waals surface area contributed by atoms with E-state index in [1.165, 1.54) is 0 Å². The molecule has 0 radical (unpaired) electrons. The second kappa shape index (κ2) is 81.9. The zero-order valence-corrected chi connectivity index (χ0v) is 70.3. The number of allylic oxidation sites excluding steroid dienone is 40. The topological polar surface area (TPSA) is 237 Å². The molecule has 5 atom stereocenters. The number of hydrogen-bond donors (Lipinski definition) is 3. The van der Waals surface area contributed by atoms with Gasteiger partial charge in [0.05, 0.1) is 26.4 Å². The van der Waals surface area contributed by atoms with Gasteiger partial charge in [0.15, 0.2) is 12.2 Å². The summed E-state index contributed by atoms with van der Waals surface area (Å²) in [6, 6.07) is 0. The molecule has 0 aliphatic carbocycles. The van der Waals surface area contributed by atoms with Gasteiger partial charge in [-0.15, -0.1) is 0 Å². The molecule has 0 saturated heterocycles. The van der Waals surface area contributed by atoms with Gasteiger partial charge >= 0.3 is 39.5 Å². The number of carbonyl (C=O) groups excluding carboxylic acids is 4. The smallest absolute Gasteiger partial charge is 0.462 e. The Bertz CT molecular complexity index is 3080. The Kier molecular flexibility index (Phi) is 76.6. The molecular formula is C93H142O17P2. The van der Waals surface area contributed by atoms with Crippen molar-refractivity contribution in [2.24, 2.45) is 0 Å². The Labute approximate surface area is 676 Å². The molecule has 0 aromatic carbocycles. The van der Waals surface area contributed by atoms with Gasteiger partial charge in [-0.05, 0) is 186 Å². The van der Waals surface area contributed by atoms with Crippen molar-refractivity contribution >= 4 is 39.5 Å². The van der Waals surface area contributed by atoms with Crippen LogP contribution >= 0.6 is 15.6 Å². The minimum Gasteiger partial charge on any atom is -0.462 e. The molecule has 0 heterocycles. The van der Waals surface area contributed by atoms with Crippen LogP contribution in [0.4, 0.5) is 0 Å². The summed E-state index contributed by atoms with van der Waals surface area (Å²) in [5.41, 5.74) is 0. The molecule has 0 aliphatic rings. The van der Waals surface area contributed by atoms with E-state index in [2.05, 4.69) is 240 Å². The molecule has 0 aliphatic heterocycles. The first-order valence-corrected chi connectivity index (χ1v) is 44.3. The molecule has 0 amide bonds. The van der Waals surface area contributed by atoms with Gasteiger partial charge < -0.3 is 33.8 Å². The average molecular weight is 1590 g/mol. The Hall–Kier alpha value is -7.14. The van der Waals surface area contributed by atoms with Crippen LogP contribution in [0, 0.1) is 0 Å². The predicted octanol–water partition coefficient (Wildman–Crippen LogP) is 24.8. The standard InChI is InChI=1S/C93H142O17P2/c1-5-9-13-17-21-25-29-33-37-41-43-47-49-53-57-61-65-69-73-77-90(95)103-83-88(109-92(97)79-75-71-67-63-59-55-51-45-39-35-31-27-23-19-15-11-7-3)85-107-111(99,100)105-81-87(94)82-106-112(101,102)108-86-89(110-93(98)80-76-72-68-64-60-56-52-46-40-36-32-28-24-20-16-12-8-4)84-104-91(96)78-74-70-66-62-58-54-50-48-44-42-38-34-30-26-22-18-14-10-6-2/h9-16,21-28,33-40,43-44,47-48,51-58,63,66-67,70,87-89,94H,5-8,17-20,29-32,41-42,45-46,49-50,59-62,64-65,68-69,71-86H2,1-4H3,(H,99,100)(H,101,102)/b13-9-,14-10-,15-11-,16-12-,25-21-,26-22-,27-23-,28-24-,37-33-,38-34-,39-35-,40-36-,47-43-,48-44-,55-51-,56-52-,57-53-,58-54-,67-63-,70-66-. The second-order valence-corrected chi connectivity index (χ2v) is 29.1. The molecule has 3 N–H and O–H groups in total. The minimum absolute atomic E-state index is 0.00486. The zero-order valence-electron chi connectivity index (χ0n) is 68.5. The maximum absolute atomic E-state index is 13.1. The van der Waals surface area contributed by atoms with Gasteiger partial charge in [-0.2, -0.15) is 0 Å². The highest BCUT2D eigenvalue weighted by molar-refractivity contribution is 7.47. The van der Waals surface area contributed by atoms with E-state index in [1.807, 2.05) is 30.4 Å². The quantitative estimate of drug-likeness (QED) is 0.0169. The van der Waals surface area contributed by atoms with Crippen LogP contribution in [0.2, 0.25) is 0 Å². The van der Waals surface area contributed by atoms with E-state index >= 15 is 0 Å². The number of phosphoric acid groups is 2. The fourth-order valence-corrected chi connectivity index (χ4v) is 11.3. The second-order valence-electron chi connectivity index (χ2n) is 26.2. The van der Waals surface area contributed by atoms with Crippen molar-refractivity contribution in [2.45, 2.75) is 277 Å². The van der Waals surface area contributed by atoms with Gasteiger partial charge in [0.2, 0.25) is 0 Å². The van der Waals surface area contributed by atoms with Crippen molar-refractivity contribution in [1.29, 1.82) is 0 Å². The molecule has 19 heteroatoms. The van der Waals surface area contributed by atoms with Gasteiger partial charge in [0, 0.05) is 25.7 Å². The van der Waals surface area contributed by atoms with E-state index in [1.54, 1.807) is 0 Å². The number of aliphatic hydroxyl groups is 1. The van der Waals surface area contributed by atoms with Crippen LogP contribution in [0.15, 0.2) is 243 Å². The molecule has 0 saturated carbocycles. The molecule has 0 aromatic rings. The molecule has 626 valence electrons. The summed E-state index contributed by atoms with van der Waals surface area (Å²) in [5.74, 6) is -2.44. The van der Waals surface area contributed by atoms with Crippen molar-refractivity contribution in [1.82, 2.24) is 0 Å². The summed E-state index contributed by atoms with van der Waals surface area (Å²) >= 11 is 0. The maximum Gasteiger partial charge on any atom is 0.472 e. The number of rotatable bonds is 74. The summed E-state index contributed by atoms with van der Waals surface area (Å²) in [4.78, 5) is 73.2. The van der Waals surface area contributed by atoms with Crippen LogP contribution in [-0.2, 0) is 65.4 Å². The fourth-order valence-electron chi connectivity index (χ4n) is 9.71. The third-order valence-electron chi connectivity index (χ3n) is 15.8. The first kappa shape index (κ1) is 105. The van der Waals surface area contributed by atoms with Gasteiger partial charge in [-0.3, -0.25) is 37.3 Å². The lowest BCUT2D eigenvalue weighted by molar-refractivity contribution is -0.161. The molecule has 0 aromatic heterocycles. The minimum atomic E-state index is -5.03. The third-order valence-corrected chi connectivity index (χ3v) is 17.7. The largest absolute Gasteiger partial charge is 0.472 e. The average Bonchev–Trinajstić information content (AvgIpc) is 0.895. The van der Waals surface area contributed by atoms with Crippen LogP contribution in [0.3, 0.4) is 0 Å². The Balaban J connectivity index is 5.59. The lowest BCUT2D eigenvalue weighted by atomic mass is 10.1. The van der Waals surface area contributed by atoms with E-state index in [4.69, 9.17) is 37.0 Å². The summed E-state index contributed by atoms with van der Waals surface area (Å²) < 4.78 is 68.5. The van der Waals surface area contributed by atoms with Gasteiger partial charge in [-0.1, -0.05) is 290 Å². The Morgan fingerprint density at radius 1 is 0.250 bits per heavy atom. The van der Waals surface area contributed by atoms with Gasteiger partial charge in [0.25, 0.3) is 0 Å². The van der Waals surface area contributed by atoms with Gasteiger partial charge in [0.1, 0.15) is 19.3 Å². The van der Waals surface area contributed by atoms with Crippen molar-refractivity contribution in [2.75, 3.05) is 39.6 Å². The first-order valence-electron chi connectivity index (χ1n) is 41.3. The molecule has 17 nitrogen and oxygen atoms in total. The number of ether oxygens (including phenoxy) is 4. The molecule has 0 spiro atoms. The van der Waals surface area contributed by atoms with E-state index < -0.39 is 97.5 Å². The molecule has 0 rings (SSSR count). The van der Waals surface area contributed by atoms with Crippen LogP contribution in [-0.4, -0.2) is 96.7 Å². The summed E-state index contributed by atoms with van der Waals surface area (Å²) in [6.07, 6.45) is 107. The molecule has 5 unspecified atom stereocenters. The van der Waals surface area contributed by atoms with E-state index in [9.17, 15) is 43.2 Å². The third kappa shape index (κ3) is 80.9. The van der Waals surface area contributed by atoms with E-state index in [0.717, 1.165) is 167 Å². The van der Waals surface area contributed by atoms with Crippen LogP contribution in [0.1, 0.15) is 259 Å². The number of unbranched alkanes of at least 4 members (excludes halogenated alkanes) is 8. The highest BCUT2D eigenvalue weighted by atomic mass is 31.2. The summed E-state index contributed by atoms with van der Waals surface area (Å²) in [7, 11) is -10.1. The van der Waals surface area contributed by atoms with Crippen LogP contribution in [0.5, 0.6) is 0 Å². The number of carbonyl (C=O) groups is 4.